The van der Waals surface area contributed by atoms with E-state index in [0.29, 0.717) is 16.2 Å². The van der Waals surface area contributed by atoms with Crippen LogP contribution in [0.3, 0.4) is 0 Å². The molecule has 2 heteroatoms. The summed E-state index contributed by atoms with van der Waals surface area (Å²) in [7, 11) is 0. The largest absolute Gasteiger partial charge is 0.462 e. The molecule has 0 bridgehead atoms. The molecule has 34 heavy (non-hydrogen) atoms. The summed E-state index contributed by atoms with van der Waals surface area (Å²) in [6, 6.07) is 0. The molecule has 5 saturated carbocycles. The molecule has 194 valence electrons. The molecular weight excluding hydrogens is 416 g/mol. The van der Waals surface area contributed by atoms with E-state index in [1.165, 1.54) is 64.2 Å². The Hall–Kier alpha value is -0.530. The van der Waals surface area contributed by atoms with E-state index in [2.05, 4.69) is 48.5 Å². The number of carbonyl (C=O) groups is 1. The SMILES string of the molecule is CC(=O)OC1CCC23CC24CCC2(C)C(C(C)CCC(C)C(C)C)CCC2C4CC[C@H]3C1(C)C. The van der Waals surface area contributed by atoms with Crippen LogP contribution in [0.1, 0.15) is 126 Å². The van der Waals surface area contributed by atoms with Gasteiger partial charge >= 0.3 is 5.97 Å². The summed E-state index contributed by atoms with van der Waals surface area (Å²) in [5.74, 6) is 6.08. The van der Waals surface area contributed by atoms with E-state index in [1.807, 2.05) is 0 Å². The van der Waals surface area contributed by atoms with Crippen LogP contribution in [-0.2, 0) is 9.53 Å². The molecule has 0 saturated heterocycles. The lowest BCUT2D eigenvalue weighted by molar-refractivity contribution is -0.173. The zero-order valence-electron chi connectivity index (χ0n) is 23.7. The van der Waals surface area contributed by atoms with Gasteiger partial charge in [0.15, 0.2) is 0 Å². The van der Waals surface area contributed by atoms with E-state index in [0.717, 1.165) is 47.8 Å². The molecule has 5 rings (SSSR count). The van der Waals surface area contributed by atoms with Crippen LogP contribution in [0.25, 0.3) is 0 Å². The molecule has 0 N–H and O–H groups in total. The zero-order chi connectivity index (χ0) is 24.7. The Morgan fingerprint density at radius 1 is 0.853 bits per heavy atom. The second kappa shape index (κ2) is 8.24. The van der Waals surface area contributed by atoms with Crippen molar-refractivity contribution in [3.8, 4) is 0 Å². The minimum atomic E-state index is -0.0874. The fourth-order valence-electron chi connectivity index (χ4n) is 11.3. The Bertz CT molecular complexity index is 799. The highest BCUT2D eigenvalue weighted by atomic mass is 16.5. The molecule has 5 aliphatic rings. The van der Waals surface area contributed by atoms with Gasteiger partial charge in [0, 0.05) is 12.3 Å². The maximum Gasteiger partial charge on any atom is 0.302 e. The van der Waals surface area contributed by atoms with Gasteiger partial charge in [-0.05, 0) is 115 Å². The molecular formula is C32H54O2. The van der Waals surface area contributed by atoms with Gasteiger partial charge in [0.1, 0.15) is 6.10 Å². The molecule has 2 nitrogen and oxygen atoms in total. The first-order valence-corrected chi connectivity index (χ1v) is 15.1. The van der Waals surface area contributed by atoms with Gasteiger partial charge in [-0.25, -0.2) is 0 Å². The van der Waals surface area contributed by atoms with E-state index < -0.39 is 0 Å². The fraction of sp³-hybridized carbons (Fsp3) is 0.969. The highest BCUT2D eigenvalue weighted by Gasteiger charge is 2.80. The lowest BCUT2D eigenvalue weighted by Crippen LogP contribution is -2.55. The van der Waals surface area contributed by atoms with Crippen molar-refractivity contribution >= 4 is 5.97 Å². The summed E-state index contributed by atoms with van der Waals surface area (Å²) in [4.78, 5) is 11.8. The summed E-state index contributed by atoms with van der Waals surface area (Å²) < 4.78 is 5.89. The molecule has 0 heterocycles. The van der Waals surface area contributed by atoms with Crippen LogP contribution in [0.15, 0.2) is 0 Å². The van der Waals surface area contributed by atoms with Gasteiger partial charge in [-0.1, -0.05) is 61.3 Å². The first-order chi connectivity index (χ1) is 15.9. The van der Waals surface area contributed by atoms with Crippen molar-refractivity contribution in [3.63, 3.8) is 0 Å². The first kappa shape index (κ1) is 25.1. The third kappa shape index (κ3) is 3.42. The average molecular weight is 471 g/mol. The Morgan fingerprint density at radius 2 is 1.56 bits per heavy atom. The Balaban J connectivity index is 1.32. The van der Waals surface area contributed by atoms with Crippen molar-refractivity contribution in [1.29, 1.82) is 0 Å². The van der Waals surface area contributed by atoms with Crippen molar-refractivity contribution in [2.24, 2.45) is 63.1 Å². The van der Waals surface area contributed by atoms with E-state index in [-0.39, 0.29) is 17.5 Å². The van der Waals surface area contributed by atoms with Crippen molar-refractivity contribution in [2.75, 3.05) is 0 Å². The number of carbonyl (C=O) groups excluding carboxylic acids is 1. The highest BCUT2D eigenvalue weighted by molar-refractivity contribution is 5.66. The van der Waals surface area contributed by atoms with Gasteiger partial charge < -0.3 is 4.74 Å². The van der Waals surface area contributed by atoms with Gasteiger partial charge in [0.25, 0.3) is 0 Å². The lowest BCUT2D eigenvalue weighted by atomic mass is 9.46. The average Bonchev–Trinajstić information content (AvgIpc) is 3.30. The topological polar surface area (TPSA) is 26.3 Å². The molecule has 10 atom stereocenters. The number of hydrogen-bond donors (Lipinski definition) is 0. The smallest absolute Gasteiger partial charge is 0.302 e. The lowest BCUT2D eigenvalue weighted by Gasteiger charge is -2.59. The van der Waals surface area contributed by atoms with E-state index >= 15 is 0 Å². The van der Waals surface area contributed by atoms with Crippen LogP contribution in [0, 0.1) is 63.1 Å². The third-order valence-corrected chi connectivity index (χ3v) is 13.5. The third-order valence-electron chi connectivity index (χ3n) is 13.5. The highest BCUT2D eigenvalue weighted by Crippen LogP contribution is 2.87. The summed E-state index contributed by atoms with van der Waals surface area (Å²) >= 11 is 0. The molecule has 0 aliphatic heterocycles. The van der Waals surface area contributed by atoms with Crippen LogP contribution in [-0.4, -0.2) is 12.1 Å². The van der Waals surface area contributed by atoms with Crippen LogP contribution >= 0.6 is 0 Å². The molecule has 0 radical (unpaired) electrons. The van der Waals surface area contributed by atoms with Crippen molar-refractivity contribution in [3.05, 3.63) is 0 Å². The maximum absolute atomic E-state index is 11.8. The monoisotopic (exact) mass is 470 g/mol. The minimum Gasteiger partial charge on any atom is -0.462 e. The van der Waals surface area contributed by atoms with Gasteiger partial charge in [-0.15, -0.1) is 0 Å². The number of fused-ring (bicyclic) bond motifs is 2. The van der Waals surface area contributed by atoms with E-state index in [1.54, 1.807) is 6.92 Å². The predicted octanol–water partition coefficient (Wildman–Crippen LogP) is 8.68. The predicted molar refractivity (Wildman–Crippen MR) is 140 cm³/mol. The summed E-state index contributed by atoms with van der Waals surface area (Å²) in [6.07, 6.45) is 15.6. The van der Waals surface area contributed by atoms with Gasteiger partial charge in [-0.3, -0.25) is 4.79 Å². The van der Waals surface area contributed by atoms with Crippen LogP contribution in [0.4, 0.5) is 0 Å². The van der Waals surface area contributed by atoms with Crippen molar-refractivity contribution < 1.29 is 9.53 Å². The Morgan fingerprint density at radius 3 is 2.24 bits per heavy atom. The molecule has 5 aliphatic carbocycles. The van der Waals surface area contributed by atoms with Crippen molar-refractivity contribution in [1.82, 2.24) is 0 Å². The number of esters is 1. The zero-order valence-corrected chi connectivity index (χ0v) is 23.7. The second-order valence-corrected chi connectivity index (χ2v) is 15.3. The van der Waals surface area contributed by atoms with Crippen molar-refractivity contribution in [2.45, 2.75) is 132 Å². The summed E-state index contributed by atoms with van der Waals surface area (Å²) in [5, 5.41) is 0. The first-order valence-electron chi connectivity index (χ1n) is 15.1. The number of ether oxygens (including phenoxy) is 1. The van der Waals surface area contributed by atoms with Crippen LogP contribution in [0.2, 0.25) is 0 Å². The quantitative estimate of drug-likeness (QED) is 0.363. The Labute approximate surface area is 210 Å². The van der Waals surface area contributed by atoms with Gasteiger partial charge in [0.05, 0.1) is 0 Å². The van der Waals surface area contributed by atoms with Crippen LogP contribution < -0.4 is 0 Å². The maximum atomic E-state index is 11.8. The molecule has 5 fully saturated rings. The molecule has 0 aromatic carbocycles. The molecule has 2 spiro atoms. The summed E-state index contributed by atoms with van der Waals surface area (Å²) in [5.41, 5.74) is 1.90. The van der Waals surface area contributed by atoms with E-state index in [4.69, 9.17) is 4.74 Å². The molecule has 0 aromatic rings. The molecule has 9 unspecified atom stereocenters. The number of hydrogen-bond acceptors (Lipinski definition) is 2. The summed E-state index contributed by atoms with van der Waals surface area (Å²) in [6.45, 7) is 19.0. The molecule has 0 amide bonds. The fourth-order valence-corrected chi connectivity index (χ4v) is 11.3. The standard InChI is InChI=1S/C32H54O2/c1-20(2)21(3)9-10-22(4)24-11-12-25-26-13-14-27-29(6,7)28(34-23(5)33)15-16-32(27)19-31(26,32)18-17-30(24,25)8/h20-22,24-28H,9-19H2,1-8H3/t21?,22?,24?,25?,26?,27-,28?,30?,31?,32?/m0/s1. The van der Waals surface area contributed by atoms with Gasteiger partial charge in [-0.2, -0.15) is 0 Å². The minimum absolute atomic E-state index is 0.0874. The normalized spacial score (nSPS) is 48.2. The second-order valence-electron chi connectivity index (χ2n) is 15.3. The molecule has 0 aromatic heterocycles. The van der Waals surface area contributed by atoms with Crippen LogP contribution in [0.5, 0.6) is 0 Å². The van der Waals surface area contributed by atoms with Gasteiger partial charge in [0.2, 0.25) is 0 Å². The van der Waals surface area contributed by atoms with E-state index in [9.17, 15) is 4.79 Å². The Kier molecular flexibility index (Phi) is 6.09. The number of rotatable bonds is 6.